The van der Waals surface area contributed by atoms with E-state index in [4.69, 9.17) is 0 Å². The van der Waals surface area contributed by atoms with Gasteiger partial charge in [0.05, 0.1) is 0 Å². The molecule has 0 unspecified atom stereocenters. The molecule has 0 aliphatic heterocycles. The topological polar surface area (TPSA) is 34.9 Å². The van der Waals surface area contributed by atoms with Gasteiger partial charge in [-0.25, -0.2) is 13.8 Å². The van der Waals surface area contributed by atoms with Crippen molar-refractivity contribution < 1.29 is 13.6 Å². The Morgan fingerprint density at radius 3 is 2.82 bits per heavy atom. The zero-order chi connectivity index (χ0) is 12.4. The molecular weight excluding hydrogens is 226 g/mol. The van der Waals surface area contributed by atoms with E-state index in [0.29, 0.717) is 0 Å². The normalized spacial score (nSPS) is 10.5. The van der Waals surface area contributed by atoms with Crippen molar-refractivity contribution in [2.24, 2.45) is 7.05 Å². The number of nitrogens with zero attached hydrogens (tertiary/aromatic N) is 2. The highest BCUT2D eigenvalue weighted by molar-refractivity contribution is 5.94. The highest BCUT2D eigenvalue weighted by atomic mass is 19.2. The molecule has 0 bridgehead atoms. The van der Waals surface area contributed by atoms with E-state index >= 15 is 0 Å². The molecule has 0 spiro atoms. The third-order valence-corrected chi connectivity index (χ3v) is 2.45. The van der Waals surface area contributed by atoms with Crippen LogP contribution in [0.5, 0.6) is 0 Å². The van der Waals surface area contributed by atoms with Crippen molar-refractivity contribution in [3.8, 4) is 0 Å². The molecule has 17 heavy (non-hydrogen) atoms. The van der Waals surface area contributed by atoms with Gasteiger partial charge in [-0.3, -0.25) is 4.79 Å². The number of rotatable bonds is 3. The minimum Gasteiger partial charge on any atom is -0.332 e. The quantitative estimate of drug-likeness (QED) is 0.765. The number of ketones is 1. The number of halogens is 2. The number of hydrogen-bond acceptors (Lipinski definition) is 2. The highest BCUT2D eigenvalue weighted by Gasteiger charge is 2.15. The van der Waals surface area contributed by atoms with Gasteiger partial charge >= 0.3 is 0 Å². The Kier molecular flexibility index (Phi) is 2.99. The molecule has 0 N–H and O–H groups in total. The SMILES string of the molecule is Cn1ccnc1C(=O)Cc1cccc(F)c1F. The molecule has 2 aromatic rings. The summed E-state index contributed by atoms with van der Waals surface area (Å²) in [6, 6.07) is 3.78. The largest absolute Gasteiger partial charge is 0.332 e. The summed E-state index contributed by atoms with van der Waals surface area (Å²) >= 11 is 0. The van der Waals surface area contributed by atoms with Crippen LogP contribution in [0.1, 0.15) is 16.2 Å². The van der Waals surface area contributed by atoms with Gasteiger partial charge in [-0.1, -0.05) is 12.1 Å². The van der Waals surface area contributed by atoms with Crippen LogP contribution in [-0.2, 0) is 13.5 Å². The van der Waals surface area contributed by atoms with Gasteiger partial charge in [0.1, 0.15) is 0 Å². The minimum atomic E-state index is -0.977. The smallest absolute Gasteiger partial charge is 0.202 e. The van der Waals surface area contributed by atoms with Crippen LogP contribution in [0.2, 0.25) is 0 Å². The summed E-state index contributed by atoms with van der Waals surface area (Å²) < 4.78 is 27.8. The van der Waals surface area contributed by atoms with Crippen LogP contribution in [0.25, 0.3) is 0 Å². The van der Waals surface area contributed by atoms with Crippen molar-refractivity contribution in [1.29, 1.82) is 0 Å². The zero-order valence-electron chi connectivity index (χ0n) is 9.15. The van der Waals surface area contributed by atoms with E-state index in [2.05, 4.69) is 4.98 Å². The lowest BCUT2D eigenvalue weighted by molar-refractivity contribution is 0.0979. The molecule has 0 radical (unpaired) electrons. The first-order chi connectivity index (χ1) is 8.09. The predicted molar refractivity (Wildman–Crippen MR) is 57.6 cm³/mol. The van der Waals surface area contributed by atoms with Gasteiger partial charge in [-0.15, -0.1) is 0 Å². The van der Waals surface area contributed by atoms with E-state index in [1.807, 2.05) is 0 Å². The Labute approximate surface area is 96.7 Å². The third kappa shape index (κ3) is 2.22. The predicted octanol–water partition coefficient (Wildman–Crippen LogP) is 2.12. The minimum absolute atomic E-state index is 0.0398. The lowest BCUT2D eigenvalue weighted by atomic mass is 10.1. The lowest BCUT2D eigenvalue weighted by Crippen LogP contribution is -2.11. The average Bonchev–Trinajstić information content (AvgIpc) is 2.71. The van der Waals surface area contributed by atoms with E-state index in [-0.39, 0.29) is 23.6 Å². The van der Waals surface area contributed by atoms with Gasteiger partial charge in [-0.2, -0.15) is 0 Å². The van der Waals surface area contributed by atoms with Crippen molar-refractivity contribution in [3.63, 3.8) is 0 Å². The molecular formula is C12H10F2N2O. The van der Waals surface area contributed by atoms with Gasteiger partial charge in [0, 0.05) is 25.9 Å². The number of aromatic nitrogens is 2. The summed E-state index contributed by atoms with van der Waals surface area (Å²) in [5, 5.41) is 0. The second-order valence-electron chi connectivity index (χ2n) is 3.67. The van der Waals surface area contributed by atoms with Crippen molar-refractivity contribution in [2.75, 3.05) is 0 Å². The fraction of sp³-hybridized carbons (Fsp3) is 0.167. The number of carbonyl (C=O) groups excluding carboxylic acids is 1. The molecule has 1 aromatic carbocycles. The molecule has 5 heteroatoms. The molecule has 0 fully saturated rings. The van der Waals surface area contributed by atoms with Crippen LogP contribution < -0.4 is 0 Å². The van der Waals surface area contributed by atoms with E-state index in [1.54, 1.807) is 17.8 Å². The zero-order valence-corrected chi connectivity index (χ0v) is 9.15. The number of benzene rings is 1. The standard InChI is InChI=1S/C12H10F2N2O/c1-16-6-5-15-12(16)10(17)7-8-3-2-4-9(13)11(8)14/h2-6H,7H2,1H3. The highest BCUT2D eigenvalue weighted by Crippen LogP contribution is 2.13. The van der Waals surface area contributed by atoms with Crippen LogP contribution in [0.3, 0.4) is 0 Å². The molecule has 0 atom stereocenters. The molecule has 88 valence electrons. The van der Waals surface area contributed by atoms with Crippen molar-refractivity contribution >= 4 is 5.78 Å². The van der Waals surface area contributed by atoms with Gasteiger partial charge in [0.2, 0.25) is 5.78 Å². The second kappa shape index (κ2) is 4.45. The molecule has 0 saturated heterocycles. The first-order valence-corrected chi connectivity index (χ1v) is 5.03. The Balaban J connectivity index is 2.25. The maximum absolute atomic E-state index is 13.3. The number of aryl methyl sites for hydroxylation is 1. The van der Waals surface area contributed by atoms with E-state index in [1.165, 1.54) is 18.3 Å². The Bertz CT molecular complexity index is 563. The Hall–Kier alpha value is -2.04. The molecule has 0 amide bonds. The number of hydrogen-bond donors (Lipinski definition) is 0. The maximum atomic E-state index is 13.3. The van der Waals surface area contributed by atoms with E-state index in [0.717, 1.165) is 6.07 Å². The summed E-state index contributed by atoms with van der Waals surface area (Å²) in [5.41, 5.74) is 0.0398. The van der Waals surface area contributed by atoms with E-state index in [9.17, 15) is 13.6 Å². The summed E-state index contributed by atoms with van der Waals surface area (Å²) in [4.78, 5) is 15.6. The Morgan fingerprint density at radius 1 is 1.41 bits per heavy atom. The summed E-state index contributed by atoms with van der Waals surface area (Å²) in [6.07, 6.45) is 2.90. The number of imidazole rings is 1. The molecule has 2 rings (SSSR count). The molecule has 0 aliphatic rings. The summed E-state index contributed by atoms with van der Waals surface area (Å²) in [7, 11) is 1.67. The summed E-state index contributed by atoms with van der Waals surface area (Å²) in [5.74, 6) is -2.04. The van der Waals surface area contributed by atoms with Crippen molar-refractivity contribution in [1.82, 2.24) is 9.55 Å². The molecule has 3 nitrogen and oxygen atoms in total. The fourth-order valence-electron chi connectivity index (χ4n) is 1.57. The van der Waals surface area contributed by atoms with E-state index < -0.39 is 11.6 Å². The number of carbonyl (C=O) groups is 1. The lowest BCUT2D eigenvalue weighted by Gasteiger charge is -2.03. The second-order valence-corrected chi connectivity index (χ2v) is 3.67. The third-order valence-electron chi connectivity index (χ3n) is 2.45. The van der Waals surface area contributed by atoms with Crippen LogP contribution >= 0.6 is 0 Å². The van der Waals surface area contributed by atoms with Crippen molar-refractivity contribution in [3.05, 3.63) is 53.6 Å². The first-order valence-electron chi connectivity index (χ1n) is 5.03. The van der Waals surface area contributed by atoms with Crippen LogP contribution in [0.15, 0.2) is 30.6 Å². The molecule has 0 saturated carbocycles. The van der Waals surface area contributed by atoms with Gasteiger partial charge in [-0.05, 0) is 11.6 Å². The van der Waals surface area contributed by atoms with Gasteiger partial charge < -0.3 is 4.57 Å². The van der Waals surface area contributed by atoms with Crippen molar-refractivity contribution in [2.45, 2.75) is 6.42 Å². The fourth-order valence-corrected chi connectivity index (χ4v) is 1.57. The first kappa shape index (κ1) is 11.4. The Morgan fingerprint density at radius 2 is 2.18 bits per heavy atom. The number of Topliss-reactive ketones (excluding diaryl/α,β-unsaturated/α-hetero) is 1. The monoisotopic (exact) mass is 236 g/mol. The van der Waals surface area contributed by atoms with Gasteiger partial charge in [0.25, 0.3) is 0 Å². The van der Waals surface area contributed by atoms with Crippen LogP contribution in [-0.4, -0.2) is 15.3 Å². The van der Waals surface area contributed by atoms with Crippen LogP contribution in [0, 0.1) is 11.6 Å². The average molecular weight is 236 g/mol. The molecule has 1 aromatic heterocycles. The van der Waals surface area contributed by atoms with Crippen LogP contribution in [0.4, 0.5) is 8.78 Å². The molecule has 1 heterocycles. The summed E-state index contributed by atoms with van der Waals surface area (Å²) in [6.45, 7) is 0. The molecule has 0 aliphatic carbocycles. The maximum Gasteiger partial charge on any atom is 0.202 e. The van der Waals surface area contributed by atoms with Gasteiger partial charge in [0.15, 0.2) is 17.5 Å².